The van der Waals surface area contributed by atoms with Gasteiger partial charge in [-0.15, -0.1) is 11.8 Å². The predicted molar refractivity (Wildman–Crippen MR) is 141 cm³/mol. The zero-order chi connectivity index (χ0) is 25.3. The lowest BCUT2D eigenvalue weighted by Crippen LogP contribution is -2.39. The van der Waals surface area contributed by atoms with Crippen LogP contribution in [0.1, 0.15) is 31.0 Å². The minimum Gasteiger partial charge on any atom is -0.504 e. The van der Waals surface area contributed by atoms with Gasteiger partial charge in [0.05, 0.1) is 35.6 Å². The van der Waals surface area contributed by atoms with E-state index in [4.69, 9.17) is 9.47 Å². The Hall–Kier alpha value is -2.82. The third kappa shape index (κ3) is 4.82. The maximum absolute atomic E-state index is 13.7. The van der Waals surface area contributed by atoms with E-state index >= 15 is 0 Å². The zero-order valence-electron chi connectivity index (χ0n) is 19.5. The number of phenols is 1. The maximum Gasteiger partial charge on any atom is 0.338 e. The molecule has 0 amide bonds. The smallest absolute Gasteiger partial charge is 0.338 e. The first-order valence-corrected chi connectivity index (χ1v) is 13.5. The maximum atomic E-state index is 13.7. The Morgan fingerprint density at radius 1 is 1.31 bits per heavy atom. The highest BCUT2D eigenvalue weighted by Crippen LogP contribution is 2.34. The predicted octanol–water partition coefficient (Wildman–Crippen LogP) is 4.00. The van der Waals surface area contributed by atoms with Gasteiger partial charge >= 0.3 is 5.97 Å². The molecule has 1 N–H and O–H groups in total. The van der Waals surface area contributed by atoms with Gasteiger partial charge in [0.15, 0.2) is 16.3 Å². The van der Waals surface area contributed by atoms with E-state index in [1.54, 1.807) is 43.8 Å². The van der Waals surface area contributed by atoms with Crippen LogP contribution < -0.4 is 19.6 Å². The largest absolute Gasteiger partial charge is 0.504 e. The molecule has 3 aromatic rings. The van der Waals surface area contributed by atoms with Gasteiger partial charge in [-0.25, -0.2) is 9.79 Å². The molecule has 1 atom stereocenters. The summed E-state index contributed by atoms with van der Waals surface area (Å²) in [5, 5.41) is 10.6. The summed E-state index contributed by atoms with van der Waals surface area (Å²) in [5.41, 5.74) is 1.71. The van der Waals surface area contributed by atoms with Crippen molar-refractivity contribution in [2.45, 2.75) is 24.8 Å². The highest BCUT2D eigenvalue weighted by atomic mass is 79.9. The average Bonchev–Trinajstić information content (AvgIpc) is 3.14. The number of esters is 1. The third-order valence-electron chi connectivity index (χ3n) is 5.52. The fourth-order valence-corrected chi connectivity index (χ4v) is 5.79. The summed E-state index contributed by atoms with van der Waals surface area (Å²) in [7, 11) is 1.46. The SMILES string of the molecule is CCOC(=O)C1=C(C)N=c2sc(=Cc3cc(Br)cc(OC)c3O)c(=O)n2C1c1ccc(SC)cc1. The molecule has 1 unspecified atom stereocenters. The minimum absolute atomic E-state index is 0.0749. The molecule has 0 saturated carbocycles. The van der Waals surface area contributed by atoms with Crippen molar-refractivity contribution < 1.29 is 19.4 Å². The van der Waals surface area contributed by atoms with Crippen LogP contribution in [0.2, 0.25) is 0 Å². The topological polar surface area (TPSA) is 90.1 Å². The zero-order valence-corrected chi connectivity index (χ0v) is 22.7. The summed E-state index contributed by atoms with van der Waals surface area (Å²) in [6.07, 6.45) is 3.59. The minimum atomic E-state index is -0.686. The van der Waals surface area contributed by atoms with Crippen molar-refractivity contribution in [3.05, 3.63) is 83.0 Å². The number of allylic oxidation sites excluding steroid dienone is 1. The van der Waals surface area contributed by atoms with Crippen molar-refractivity contribution in [3.8, 4) is 11.5 Å². The van der Waals surface area contributed by atoms with Crippen molar-refractivity contribution in [2.24, 2.45) is 4.99 Å². The highest BCUT2D eigenvalue weighted by Gasteiger charge is 2.33. The van der Waals surface area contributed by atoms with E-state index in [1.165, 1.54) is 23.0 Å². The molecule has 0 fully saturated rings. The fraction of sp³-hybridized carbons (Fsp3) is 0.240. The van der Waals surface area contributed by atoms with Gasteiger partial charge in [0.2, 0.25) is 0 Å². The molecule has 0 bridgehead atoms. The molecule has 0 spiro atoms. The van der Waals surface area contributed by atoms with Crippen LogP contribution in [0.25, 0.3) is 6.08 Å². The van der Waals surface area contributed by atoms with Gasteiger partial charge in [-0.1, -0.05) is 39.4 Å². The van der Waals surface area contributed by atoms with Gasteiger partial charge in [-0.05, 0) is 56.0 Å². The van der Waals surface area contributed by atoms with Crippen LogP contribution in [-0.2, 0) is 9.53 Å². The van der Waals surface area contributed by atoms with Crippen molar-refractivity contribution in [1.82, 2.24) is 4.57 Å². The van der Waals surface area contributed by atoms with Gasteiger partial charge in [-0.3, -0.25) is 9.36 Å². The number of benzene rings is 2. The van der Waals surface area contributed by atoms with Crippen molar-refractivity contribution in [3.63, 3.8) is 0 Å². The number of carbonyl (C=O) groups is 1. The molecule has 10 heteroatoms. The summed E-state index contributed by atoms with van der Waals surface area (Å²) in [6.45, 7) is 3.70. The number of hydrogen-bond donors (Lipinski definition) is 1. The Kier molecular flexibility index (Phi) is 7.53. The number of aromatic hydroxyl groups is 1. The van der Waals surface area contributed by atoms with E-state index in [2.05, 4.69) is 20.9 Å². The first-order chi connectivity index (χ1) is 16.8. The Morgan fingerprint density at radius 2 is 2.03 bits per heavy atom. The number of ether oxygens (including phenoxy) is 2. The summed E-state index contributed by atoms with van der Waals surface area (Å²) >= 11 is 6.21. The van der Waals surface area contributed by atoms with E-state index < -0.39 is 12.0 Å². The Labute approximate surface area is 218 Å². The molecule has 35 heavy (non-hydrogen) atoms. The number of nitrogens with zero attached hydrogens (tertiary/aromatic N) is 2. The number of hydrogen-bond acceptors (Lipinski definition) is 8. The second-order valence-corrected chi connectivity index (χ2v) is 10.4. The number of phenolic OH excluding ortho intramolecular Hbond substituents is 1. The number of halogens is 1. The first kappa shape index (κ1) is 25.3. The molecule has 7 nitrogen and oxygen atoms in total. The van der Waals surface area contributed by atoms with E-state index in [0.717, 1.165) is 10.5 Å². The van der Waals surface area contributed by atoms with Crippen LogP contribution in [0.3, 0.4) is 0 Å². The molecule has 0 saturated heterocycles. The number of fused-ring (bicyclic) bond motifs is 1. The molecule has 4 rings (SSSR count). The van der Waals surface area contributed by atoms with Crippen LogP contribution in [0.15, 0.2) is 66.8 Å². The third-order valence-corrected chi connectivity index (χ3v) is 7.71. The lowest BCUT2D eigenvalue weighted by Gasteiger charge is -2.24. The van der Waals surface area contributed by atoms with E-state index in [0.29, 0.717) is 30.6 Å². The Morgan fingerprint density at radius 3 is 2.66 bits per heavy atom. The molecular weight excluding hydrogens is 552 g/mol. The number of rotatable bonds is 6. The van der Waals surface area contributed by atoms with Crippen LogP contribution in [0, 0.1) is 0 Å². The quantitative estimate of drug-likeness (QED) is 0.353. The van der Waals surface area contributed by atoms with Crippen molar-refractivity contribution >= 4 is 51.1 Å². The molecule has 2 heterocycles. The first-order valence-electron chi connectivity index (χ1n) is 10.7. The lowest BCUT2D eigenvalue weighted by atomic mass is 9.96. The summed E-state index contributed by atoms with van der Waals surface area (Å²) in [6, 6.07) is 10.4. The van der Waals surface area contributed by atoms with Gasteiger partial charge in [0.1, 0.15) is 0 Å². The average molecular weight is 576 g/mol. The van der Waals surface area contributed by atoms with E-state index in [-0.39, 0.29) is 23.7 Å². The Bertz CT molecular complexity index is 1510. The number of carbonyl (C=O) groups excluding carboxylic acids is 1. The normalized spacial score (nSPS) is 15.6. The summed E-state index contributed by atoms with van der Waals surface area (Å²) in [5.74, 6) is -0.295. The van der Waals surface area contributed by atoms with Gasteiger partial charge in [0.25, 0.3) is 5.56 Å². The molecule has 1 aliphatic rings. The highest BCUT2D eigenvalue weighted by molar-refractivity contribution is 9.10. The molecule has 2 aromatic carbocycles. The van der Waals surface area contributed by atoms with Gasteiger partial charge < -0.3 is 14.6 Å². The molecular formula is C25H23BrN2O5S2. The second-order valence-electron chi connectivity index (χ2n) is 7.62. The fourth-order valence-electron chi connectivity index (χ4n) is 3.89. The van der Waals surface area contributed by atoms with Crippen LogP contribution in [-0.4, -0.2) is 35.6 Å². The number of aromatic nitrogens is 1. The van der Waals surface area contributed by atoms with Crippen molar-refractivity contribution in [1.29, 1.82) is 0 Å². The van der Waals surface area contributed by atoms with Crippen LogP contribution >= 0.6 is 39.0 Å². The molecule has 0 aliphatic carbocycles. The van der Waals surface area contributed by atoms with Crippen molar-refractivity contribution in [2.75, 3.05) is 20.0 Å². The van der Waals surface area contributed by atoms with Gasteiger partial charge in [-0.2, -0.15) is 0 Å². The molecule has 182 valence electrons. The number of thiazole rings is 1. The number of methoxy groups -OCH3 is 1. The van der Waals surface area contributed by atoms with Crippen LogP contribution in [0.4, 0.5) is 0 Å². The summed E-state index contributed by atoms with van der Waals surface area (Å²) in [4.78, 5) is 32.8. The van der Waals surface area contributed by atoms with E-state index in [1.807, 2.05) is 30.5 Å². The summed E-state index contributed by atoms with van der Waals surface area (Å²) < 4.78 is 13.1. The molecule has 0 radical (unpaired) electrons. The second kappa shape index (κ2) is 10.4. The van der Waals surface area contributed by atoms with E-state index in [9.17, 15) is 14.7 Å². The number of thioether (sulfide) groups is 1. The van der Waals surface area contributed by atoms with Gasteiger partial charge in [0, 0.05) is 14.9 Å². The standard InChI is InChI=1S/C25H23BrN2O5S2/c1-5-33-24(31)20-13(2)27-25-28(21(20)14-6-8-17(34-4)9-7-14)23(30)19(35-25)11-15-10-16(26)12-18(32-3)22(15)29/h6-12,21,29H,5H2,1-4H3. The molecule has 1 aromatic heterocycles. The Balaban J connectivity index is 1.96. The van der Waals surface area contributed by atoms with Crippen LogP contribution in [0.5, 0.6) is 11.5 Å². The monoisotopic (exact) mass is 574 g/mol. The lowest BCUT2D eigenvalue weighted by molar-refractivity contribution is -0.139. The molecule has 1 aliphatic heterocycles.